The molecule has 29 heavy (non-hydrogen) atoms. The summed E-state index contributed by atoms with van der Waals surface area (Å²) >= 11 is 0. The summed E-state index contributed by atoms with van der Waals surface area (Å²) in [5, 5.41) is 10.1. The summed E-state index contributed by atoms with van der Waals surface area (Å²) in [6.45, 7) is 4.70. The molecule has 0 saturated carbocycles. The monoisotopic (exact) mass is 408 g/mol. The maximum absolute atomic E-state index is 13.1. The van der Waals surface area contributed by atoms with Gasteiger partial charge in [0.25, 0.3) is 0 Å². The number of hydrogen-bond donors (Lipinski definition) is 2. The molecule has 3 aromatic rings. The van der Waals surface area contributed by atoms with Gasteiger partial charge in [-0.3, -0.25) is 4.68 Å². The van der Waals surface area contributed by atoms with Crippen molar-refractivity contribution in [2.45, 2.75) is 46.5 Å². The average Bonchev–Trinajstić information content (AvgIpc) is 3.31. The van der Waals surface area contributed by atoms with Crippen molar-refractivity contribution in [3.8, 4) is 0 Å². The van der Waals surface area contributed by atoms with E-state index >= 15 is 0 Å². The summed E-state index contributed by atoms with van der Waals surface area (Å²) in [5.41, 5.74) is 0.427. The van der Waals surface area contributed by atoms with E-state index < -0.39 is 11.7 Å². The predicted octanol–water partition coefficient (Wildman–Crippen LogP) is 4.00. The van der Waals surface area contributed by atoms with Crippen LogP contribution in [0.2, 0.25) is 0 Å². The van der Waals surface area contributed by atoms with Gasteiger partial charge in [0.15, 0.2) is 0 Å². The Kier molecular flexibility index (Phi) is 5.49. The summed E-state index contributed by atoms with van der Waals surface area (Å²) in [7, 11) is 0. The van der Waals surface area contributed by atoms with E-state index in [1.165, 1.54) is 0 Å². The fraction of sp³-hybridized carbons (Fsp3) is 0.444. The minimum absolute atomic E-state index is 0. The van der Waals surface area contributed by atoms with Crippen molar-refractivity contribution in [2.24, 2.45) is 0 Å². The number of nitrogens with one attached hydrogen (secondary N) is 2. The number of halogens is 3. The van der Waals surface area contributed by atoms with Crippen molar-refractivity contribution in [3.63, 3.8) is 0 Å². The predicted molar refractivity (Wildman–Crippen MR) is 103 cm³/mol. The van der Waals surface area contributed by atoms with Crippen LogP contribution in [0.3, 0.4) is 0 Å². The maximum atomic E-state index is 13.1. The molecule has 0 aromatic carbocycles. The summed E-state index contributed by atoms with van der Waals surface area (Å²) in [6, 6.07) is 0.0232. The van der Waals surface area contributed by atoms with E-state index in [1.807, 2.05) is 17.8 Å². The van der Waals surface area contributed by atoms with E-state index in [0.29, 0.717) is 17.9 Å². The quantitative estimate of drug-likeness (QED) is 0.664. The zero-order chi connectivity index (χ0) is 19.9. The van der Waals surface area contributed by atoms with Gasteiger partial charge in [0.05, 0.1) is 11.4 Å². The molecule has 4 rings (SSSR count). The van der Waals surface area contributed by atoms with E-state index in [-0.39, 0.29) is 25.2 Å². The summed E-state index contributed by atoms with van der Waals surface area (Å²) in [5.74, 6) is 0.754. The number of nitrogens with zero attached hydrogens (tertiary/aromatic N) is 6. The van der Waals surface area contributed by atoms with E-state index in [9.17, 15) is 13.2 Å². The Morgan fingerprint density at radius 3 is 2.79 bits per heavy atom. The van der Waals surface area contributed by atoms with Crippen molar-refractivity contribution in [2.75, 3.05) is 17.2 Å². The number of hydrogen-bond acceptors (Lipinski definition) is 6. The fourth-order valence-electron chi connectivity index (χ4n) is 3.28. The molecule has 1 unspecified atom stereocenters. The molecular formula is C18H23F3N8. The van der Waals surface area contributed by atoms with Crippen molar-refractivity contribution in [3.05, 3.63) is 41.9 Å². The molecule has 156 valence electrons. The maximum Gasteiger partial charge on any atom is 0.421 e. The number of alkyl halides is 3. The van der Waals surface area contributed by atoms with Gasteiger partial charge in [-0.1, -0.05) is 7.43 Å². The second kappa shape index (κ2) is 7.72. The van der Waals surface area contributed by atoms with Crippen molar-refractivity contribution in [1.82, 2.24) is 29.3 Å². The topological polar surface area (TPSA) is 85.5 Å². The highest BCUT2D eigenvalue weighted by atomic mass is 19.4. The highest BCUT2D eigenvalue weighted by Crippen LogP contribution is 2.34. The Labute approximate surface area is 166 Å². The molecule has 0 aliphatic carbocycles. The zero-order valence-electron chi connectivity index (χ0n) is 15.3. The van der Waals surface area contributed by atoms with Crippen molar-refractivity contribution >= 4 is 17.5 Å². The van der Waals surface area contributed by atoms with Crippen LogP contribution in [0, 0.1) is 6.92 Å². The van der Waals surface area contributed by atoms with E-state index in [1.54, 1.807) is 19.3 Å². The number of fused-ring (bicyclic) bond motifs is 1. The smallest absolute Gasteiger partial charge is 0.370 e. The zero-order valence-corrected chi connectivity index (χ0v) is 15.3. The van der Waals surface area contributed by atoms with Gasteiger partial charge in [-0.05, 0) is 20.3 Å². The number of imidazole rings is 1. The lowest BCUT2D eigenvalue weighted by molar-refractivity contribution is -0.137. The second-order valence-corrected chi connectivity index (χ2v) is 6.50. The van der Waals surface area contributed by atoms with Crippen LogP contribution in [0.15, 0.2) is 24.8 Å². The molecule has 2 N–H and O–H groups in total. The lowest BCUT2D eigenvalue weighted by Gasteiger charge is -2.13. The second-order valence-electron chi connectivity index (χ2n) is 6.50. The molecule has 4 heterocycles. The molecule has 0 radical (unpaired) electrons. The summed E-state index contributed by atoms with van der Waals surface area (Å²) in [6.07, 6.45) is 2.63. The molecule has 0 bridgehead atoms. The molecule has 11 heteroatoms. The molecule has 3 aromatic heterocycles. The lowest BCUT2D eigenvalue weighted by atomic mass is 10.2. The Balaban J connectivity index is 0.00000240. The van der Waals surface area contributed by atoms with Gasteiger partial charge in [0.2, 0.25) is 5.95 Å². The molecule has 1 atom stereocenters. The Hall–Kier alpha value is -3.11. The molecule has 0 fully saturated rings. The minimum atomic E-state index is -4.53. The fourth-order valence-corrected chi connectivity index (χ4v) is 3.28. The van der Waals surface area contributed by atoms with Crippen LogP contribution in [0.5, 0.6) is 0 Å². The number of anilines is 3. The van der Waals surface area contributed by atoms with Crippen LogP contribution in [-0.2, 0) is 12.7 Å². The van der Waals surface area contributed by atoms with Gasteiger partial charge in [0, 0.05) is 37.9 Å². The standard InChI is InChI=1S/C17H19F3N8.CH4/c1-3-21-14-11(17(18,19)20)8-23-16(25-14)24-12-9-28(26-10(12)2)13-4-6-27-7-5-22-15(13)27;/h5,7-9,13H,3-4,6H2,1-2H3,(H2,21,23,24,25);1H4. The van der Waals surface area contributed by atoms with Gasteiger partial charge in [0.1, 0.15) is 23.2 Å². The van der Waals surface area contributed by atoms with Crippen LogP contribution in [0.1, 0.15) is 43.9 Å². The molecule has 1 aliphatic rings. The average molecular weight is 408 g/mol. The van der Waals surface area contributed by atoms with Crippen LogP contribution in [0.4, 0.5) is 30.6 Å². The third-order valence-corrected chi connectivity index (χ3v) is 4.61. The lowest BCUT2D eigenvalue weighted by Crippen LogP contribution is -2.14. The van der Waals surface area contributed by atoms with Crippen LogP contribution < -0.4 is 10.6 Å². The van der Waals surface area contributed by atoms with E-state index in [0.717, 1.165) is 25.0 Å². The molecular weight excluding hydrogens is 385 g/mol. The third kappa shape index (κ3) is 3.89. The third-order valence-electron chi connectivity index (χ3n) is 4.61. The van der Waals surface area contributed by atoms with Crippen molar-refractivity contribution < 1.29 is 13.2 Å². The van der Waals surface area contributed by atoms with Crippen LogP contribution in [0.25, 0.3) is 0 Å². The highest BCUT2D eigenvalue weighted by Gasteiger charge is 2.35. The first-order chi connectivity index (χ1) is 13.4. The van der Waals surface area contributed by atoms with Gasteiger partial charge in [-0.2, -0.15) is 23.3 Å². The first kappa shape index (κ1) is 20.6. The molecule has 0 spiro atoms. The highest BCUT2D eigenvalue weighted by molar-refractivity contribution is 5.58. The van der Waals surface area contributed by atoms with Gasteiger partial charge < -0.3 is 15.2 Å². The molecule has 1 aliphatic heterocycles. The largest absolute Gasteiger partial charge is 0.421 e. The van der Waals surface area contributed by atoms with Crippen LogP contribution in [-0.4, -0.2) is 35.8 Å². The van der Waals surface area contributed by atoms with Crippen molar-refractivity contribution in [1.29, 1.82) is 0 Å². The number of rotatable bonds is 5. The van der Waals surface area contributed by atoms with Gasteiger partial charge in [-0.25, -0.2) is 9.97 Å². The summed E-state index contributed by atoms with van der Waals surface area (Å²) < 4.78 is 43.2. The Bertz CT molecular complexity index is 991. The first-order valence-electron chi connectivity index (χ1n) is 8.88. The number of aryl methyl sites for hydroxylation is 2. The SMILES string of the molecule is C.CCNc1nc(Nc2cn(C3CCn4ccnc43)nc2C)ncc1C(F)(F)F. The molecule has 8 nitrogen and oxygen atoms in total. The normalized spacial score (nSPS) is 15.7. The minimum Gasteiger partial charge on any atom is -0.370 e. The first-order valence-corrected chi connectivity index (χ1v) is 8.88. The van der Waals surface area contributed by atoms with E-state index in [4.69, 9.17) is 0 Å². The number of aromatic nitrogens is 6. The molecule has 0 saturated heterocycles. The summed E-state index contributed by atoms with van der Waals surface area (Å²) in [4.78, 5) is 12.2. The molecule has 0 amide bonds. The Morgan fingerprint density at radius 2 is 2.07 bits per heavy atom. The Morgan fingerprint density at radius 1 is 1.28 bits per heavy atom. The van der Waals surface area contributed by atoms with Gasteiger partial charge in [-0.15, -0.1) is 0 Å². The van der Waals surface area contributed by atoms with E-state index in [2.05, 4.69) is 35.3 Å². The van der Waals surface area contributed by atoms with Gasteiger partial charge >= 0.3 is 6.18 Å². The van der Waals surface area contributed by atoms with Crippen LogP contribution >= 0.6 is 0 Å².